The summed E-state index contributed by atoms with van der Waals surface area (Å²) < 4.78 is 42.1. The van der Waals surface area contributed by atoms with Crippen molar-refractivity contribution in [2.45, 2.75) is 6.18 Å². The van der Waals surface area contributed by atoms with Crippen LogP contribution in [0.15, 0.2) is 27.4 Å². The average molecular weight is 246 g/mol. The number of alkyl halides is 3. The number of rotatable bonds is 2. The van der Waals surface area contributed by atoms with Gasteiger partial charge in [-0.05, 0) is 18.2 Å². The van der Waals surface area contributed by atoms with Crippen LogP contribution < -0.4 is 11.1 Å². The van der Waals surface area contributed by atoms with Crippen molar-refractivity contribution < 1.29 is 17.6 Å². The lowest BCUT2D eigenvalue weighted by atomic mass is 10.3. The number of fused-ring (bicyclic) bond motifs is 1. The molecule has 0 saturated carbocycles. The lowest BCUT2D eigenvalue weighted by Crippen LogP contribution is -2.21. The predicted octanol–water partition coefficient (Wildman–Crippen LogP) is 2.11. The van der Waals surface area contributed by atoms with Gasteiger partial charge in [-0.2, -0.15) is 13.2 Å². The van der Waals surface area contributed by atoms with E-state index in [2.05, 4.69) is 5.32 Å². The van der Waals surface area contributed by atoms with Crippen molar-refractivity contribution in [1.82, 2.24) is 4.57 Å². The number of hydrogen-bond acceptors (Lipinski definition) is 3. The highest BCUT2D eigenvalue weighted by Gasteiger charge is 2.26. The topological polar surface area (TPSA) is 47.2 Å². The van der Waals surface area contributed by atoms with Crippen LogP contribution in [0.4, 0.5) is 18.9 Å². The van der Waals surface area contributed by atoms with Crippen LogP contribution in [-0.2, 0) is 7.05 Å². The molecule has 0 spiro atoms. The Bertz CT molecular complexity index is 598. The maximum Gasteiger partial charge on any atom is 0.419 e. The first-order valence-corrected chi connectivity index (χ1v) is 4.77. The van der Waals surface area contributed by atoms with Gasteiger partial charge in [0, 0.05) is 12.7 Å². The minimum atomic E-state index is -4.28. The summed E-state index contributed by atoms with van der Waals surface area (Å²) in [5, 5.41) is 2.23. The summed E-state index contributed by atoms with van der Waals surface area (Å²) in [5.74, 6) is -0.548. The highest BCUT2D eigenvalue weighted by atomic mass is 19.4. The maximum atomic E-state index is 12.0. The second-order valence-electron chi connectivity index (χ2n) is 3.58. The van der Waals surface area contributed by atoms with E-state index in [-0.39, 0.29) is 5.69 Å². The van der Waals surface area contributed by atoms with E-state index in [0.717, 1.165) is 0 Å². The van der Waals surface area contributed by atoms with E-state index in [1.807, 2.05) is 0 Å². The largest absolute Gasteiger partial charge is 0.419 e. The van der Waals surface area contributed by atoms with Crippen molar-refractivity contribution in [1.29, 1.82) is 0 Å². The molecular weight excluding hydrogens is 237 g/mol. The van der Waals surface area contributed by atoms with Crippen molar-refractivity contribution in [2.75, 3.05) is 11.9 Å². The fourth-order valence-electron chi connectivity index (χ4n) is 1.44. The van der Waals surface area contributed by atoms with Crippen LogP contribution in [0, 0.1) is 0 Å². The molecule has 0 atom stereocenters. The van der Waals surface area contributed by atoms with Gasteiger partial charge in [0.25, 0.3) is 0 Å². The smallest absolute Gasteiger partial charge is 0.408 e. The van der Waals surface area contributed by atoms with Crippen LogP contribution in [0.2, 0.25) is 0 Å². The Labute approximate surface area is 93.6 Å². The molecule has 0 unspecified atom stereocenters. The van der Waals surface area contributed by atoms with Gasteiger partial charge in [0.05, 0.1) is 5.52 Å². The minimum absolute atomic E-state index is 0.284. The van der Waals surface area contributed by atoms with E-state index in [1.165, 1.54) is 29.8 Å². The maximum absolute atomic E-state index is 12.0. The summed E-state index contributed by atoms with van der Waals surface area (Å²) in [7, 11) is 1.49. The lowest BCUT2D eigenvalue weighted by Gasteiger charge is -2.09. The van der Waals surface area contributed by atoms with Crippen LogP contribution in [-0.4, -0.2) is 17.3 Å². The van der Waals surface area contributed by atoms with Gasteiger partial charge in [0.1, 0.15) is 6.54 Å². The fourth-order valence-corrected chi connectivity index (χ4v) is 1.44. The molecule has 1 heterocycles. The standard InChI is InChI=1S/C10H9F3N2O2/c1-15-7-4-6(14-5-10(11,12)13)2-3-8(7)17-9(15)16/h2-4,14H,5H2,1H3. The number of oxazole rings is 1. The third-order valence-electron chi connectivity index (χ3n) is 2.28. The molecule has 0 saturated heterocycles. The van der Waals surface area contributed by atoms with E-state index < -0.39 is 18.5 Å². The Balaban J connectivity index is 2.31. The van der Waals surface area contributed by atoms with Crippen LogP contribution in [0.25, 0.3) is 11.1 Å². The molecule has 1 aromatic heterocycles. The Hall–Kier alpha value is -1.92. The van der Waals surface area contributed by atoms with Gasteiger partial charge in [0.15, 0.2) is 5.58 Å². The van der Waals surface area contributed by atoms with E-state index in [1.54, 1.807) is 0 Å². The Morgan fingerprint density at radius 2 is 2.12 bits per heavy atom. The molecule has 2 aromatic rings. The minimum Gasteiger partial charge on any atom is -0.408 e. The van der Waals surface area contributed by atoms with E-state index in [0.29, 0.717) is 11.1 Å². The van der Waals surface area contributed by atoms with Gasteiger partial charge in [0.2, 0.25) is 0 Å². The molecule has 92 valence electrons. The molecular formula is C10H9F3N2O2. The average Bonchev–Trinajstić information content (AvgIpc) is 2.51. The molecule has 2 rings (SSSR count). The number of nitrogens with zero attached hydrogens (tertiary/aromatic N) is 1. The van der Waals surface area contributed by atoms with Gasteiger partial charge in [-0.3, -0.25) is 4.57 Å². The summed E-state index contributed by atoms with van der Waals surface area (Å²) >= 11 is 0. The molecule has 1 aromatic carbocycles. The summed E-state index contributed by atoms with van der Waals surface area (Å²) in [5.41, 5.74) is 1.07. The quantitative estimate of drug-likeness (QED) is 0.882. The van der Waals surface area contributed by atoms with Gasteiger partial charge in [-0.15, -0.1) is 0 Å². The molecule has 0 amide bonds. The molecule has 4 nitrogen and oxygen atoms in total. The number of halogens is 3. The summed E-state index contributed by atoms with van der Waals surface area (Å²) in [6, 6.07) is 4.32. The Kier molecular flexibility index (Phi) is 2.60. The summed E-state index contributed by atoms with van der Waals surface area (Å²) in [6.07, 6.45) is -4.28. The second kappa shape index (κ2) is 3.83. The van der Waals surface area contributed by atoms with Gasteiger partial charge in [-0.25, -0.2) is 4.79 Å². The zero-order chi connectivity index (χ0) is 12.6. The van der Waals surface area contributed by atoms with E-state index in [9.17, 15) is 18.0 Å². The van der Waals surface area contributed by atoms with Crippen molar-refractivity contribution in [3.05, 3.63) is 28.7 Å². The third-order valence-corrected chi connectivity index (χ3v) is 2.28. The van der Waals surface area contributed by atoms with E-state index in [4.69, 9.17) is 4.42 Å². The predicted molar refractivity (Wildman–Crippen MR) is 56.0 cm³/mol. The van der Waals surface area contributed by atoms with Gasteiger partial charge < -0.3 is 9.73 Å². The summed E-state index contributed by atoms with van der Waals surface area (Å²) in [4.78, 5) is 11.2. The molecule has 0 bridgehead atoms. The zero-order valence-corrected chi connectivity index (χ0v) is 8.84. The molecule has 0 radical (unpaired) electrons. The first kappa shape index (κ1) is 11.6. The second-order valence-corrected chi connectivity index (χ2v) is 3.58. The van der Waals surface area contributed by atoms with Crippen molar-refractivity contribution in [2.24, 2.45) is 7.05 Å². The normalized spacial score (nSPS) is 12.0. The summed E-state index contributed by atoms with van der Waals surface area (Å²) in [6.45, 7) is -1.12. The fraction of sp³-hybridized carbons (Fsp3) is 0.300. The molecule has 0 aliphatic carbocycles. The van der Waals surface area contributed by atoms with Gasteiger partial charge in [-0.1, -0.05) is 0 Å². The molecule has 0 aliphatic rings. The molecule has 7 heteroatoms. The third kappa shape index (κ3) is 2.43. The van der Waals surface area contributed by atoms with Crippen LogP contribution in [0.1, 0.15) is 0 Å². The number of anilines is 1. The lowest BCUT2D eigenvalue weighted by molar-refractivity contribution is -0.115. The van der Waals surface area contributed by atoms with E-state index >= 15 is 0 Å². The molecule has 0 fully saturated rings. The van der Waals surface area contributed by atoms with Gasteiger partial charge >= 0.3 is 11.9 Å². The SMILES string of the molecule is Cn1c(=O)oc2ccc(NCC(F)(F)F)cc21. The molecule has 1 N–H and O–H groups in total. The monoisotopic (exact) mass is 246 g/mol. The van der Waals surface area contributed by atoms with Crippen molar-refractivity contribution in [3.8, 4) is 0 Å². The Morgan fingerprint density at radius 1 is 1.41 bits per heavy atom. The number of aryl methyl sites for hydroxylation is 1. The highest BCUT2D eigenvalue weighted by molar-refractivity contribution is 5.77. The Morgan fingerprint density at radius 3 is 2.76 bits per heavy atom. The zero-order valence-electron chi connectivity index (χ0n) is 8.84. The first-order chi connectivity index (χ1) is 7.87. The first-order valence-electron chi connectivity index (χ1n) is 4.77. The molecule has 17 heavy (non-hydrogen) atoms. The number of benzene rings is 1. The van der Waals surface area contributed by atoms with Crippen LogP contribution in [0.5, 0.6) is 0 Å². The van der Waals surface area contributed by atoms with Crippen LogP contribution in [0.3, 0.4) is 0 Å². The highest BCUT2D eigenvalue weighted by Crippen LogP contribution is 2.20. The van der Waals surface area contributed by atoms with Crippen molar-refractivity contribution in [3.63, 3.8) is 0 Å². The molecule has 0 aliphatic heterocycles. The number of nitrogens with one attached hydrogen (secondary N) is 1. The number of hydrogen-bond donors (Lipinski definition) is 1. The number of aromatic nitrogens is 1. The van der Waals surface area contributed by atoms with Crippen LogP contribution >= 0.6 is 0 Å². The van der Waals surface area contributed by atoms with Crippen molar-refractivity contribution >= 4 is 16.8 Å².